The molecule has 0 aliphatic rings. The monoisotopic (exact) mass is 215 g/mol. The Labute approximate surface area is 84.7 Å². The Balaban J connectivity index is 2.80. The molecule has 1 aromatic heterocycles. The van der Waals surface area contributed by atoms with Gasteiger partial charge in [-0.25, -0.2) is 9.78 Å². The topological polar surface area (TPSA) is 39.2 Å². The third-order valence-electron chi connectivity index (χ3n) is 1.15. The number of methoxy groups -OCH3 is 1. The van der Waals surface area contributed by atoms with E-state index in [0.29, 0.717) is 9.88 Å². The number of carbonyl (C=O) groups excluding carboxylic acids is 1. The summed E-state index contributed by atoms with van der Waals surface area (Å²) >= 11 is 6.55. The van der Waals surface area contributed by atoms with Gasteiger partial charge in [0.25, 0.3) is 0 Å². The Kier molecular flexibility index (Phi) is 3.74. The molecular formula is C8H6ClNO2S. The van der Waals surface area contributed by atoms with Gasteiger partial charge in [-0.3, -0.25) is 0 Å². The predicted octanol–water partition coefficient (Wildman–Crippen LogP) is 1.52. The quantitative estimate of drug-likeness (QED) is 0.405. The highest BCUT2D eigenvalue weighted by Gasteiger charge is 2.08. The summed E-state index contributed by atoms with van der Waals surface area (Å²) in [7, 11) is 1.33. The van der Waals surface area contributed by atoms with E-state index in [2.05, 4.69) is 21.6 Å². The van der Waals surface area contributed by atoms with Crippen LogP contribution in [0.2, 0.25) is 0 Å². The van der Waals surface area contributed by atoms with Crippen LogP contribution >= 0.6 is 22.9 Å². The lowest BCUT2D eigenvalue weighted by atomic mass is 10.6. The van der Waals surface area contributed by atoms with Crippen molar-refractivity contribution in [3.63, 3.8) is 0 Å². The molecule has 0 radical (unpaired) electrons. The summed E-state index contributed by atoms with van der Waals surface area (Å²) in [6, 6.07) is 0. The summed E-state index contributed by atoms with van der Waals surface area (Å²) in [5.41, 5.74) is 0. The van der Waals surface area contributed by atoms with E-state index in [9.17, 15) is 4.79 Å². The van der Waals surface area contributed by atoms with Crippen LogP contribution in [0.4, 0.5) is 0 Å². The first kappa shape index (κ1) is 10.0. The second-order valence-corrected chi connectivity index (χ2v) is 3.25. The fraction of sp³-hybridized carbons (Fsp3) is 0.250. The number of alkyl halides is 1. The molecule has 3 nitrogen and oxygen atoms in total. The van der Waals surface area contributed by atoms with Crippen LogP contribution in [0.5, 0.6) is 0 Å². The predicted molar refractivity (Wildman–Crippen MR) is 51.1 cm³/mol. The molecule has 1 rings (SSSR count). The number of carbonyl (C=O) groups is 1. The van der Waals surface area contributed by atoms with Gasteiger partial charge in [-0.1, -0.05) is 17.3 Å². The first-order valence-corrected chi connectivity index (χ1v) is 4.72. The first-order chi connectivity index (χ1) is 6.27. The number of hydrogen-bond acceptors (Lipinski definition) is 4. The van der Waals surface area contributed by atoms with Crippen molar-refractivity contribution < 1.29 is 9.53 Å². The van der Waals surface area contributed by atoms with Gasteiger partial charge in [0, 0.05) is 0 Å². The molecule has 13 heavy (non-hydrogen) atoms. The van der Waals surface area contributed by atoms with E-state index in [-0.39, 0.29) is 5.88 Å². The van der Waals surface area contributed by atoms with Crippen molar-refractivity contribution in [2.75, 3.05) is 13.0 Å². The number of thiazole rings is 1. The Hall–Kier alpha value is -1.05. The van der Waals surface area contributed by atoms with Crippen molar-refractivity contribution in [1.29, 1.82) is 0 Å². The Morgan fingerprint density at radius 1 is 1.85 bits per heavy atom. The smallest absolute Gasteiger partial charge is 0.349 e. The van der Waals surface area contributed by atoms with Gasteiger partial charge in [-0.15, -0.1) is 11.6 Å². The van der Waals surface area contributed by atoms with Crippen LogP contribution in [0.3, 0.4) is 0 Å². The van der Waals surface area contributed by atoms with Gasteiger partial charge in [0.2, 0.25) is 0 Å². The van der Waals surface area contributed by atoms with Crippen LogP contribution < -0.4 is 0 Å². The third-order valence-corrected chi connectivity index (χ3v) is 2.18. The molecule has 0 N–H and O–H groups in total. The van der Waals surface area contributed by atoms with E-state index in [1.165, 1.54) is 24.6 Å². The molecule has 0 bridgehead atoms. The van der Waals surface area contributed by atoms with E-state index in [1.54, 1.807) is 0 Å². The summed E-state index contributed by atoms with van der Waals surface area (Å²) in [5.74, 6) is 5.22. The molecule has 0 amide bonds. The second-order valence-electron chi connectivity index (χ2n) is 1.96. The third kappa shape index (κ3) is 2.72. The van der Waals surface area contributed by atoms with E-state index in [0.717, 1.165) is 0 Å². The van der Waals surface area contributed by atoms with Crippen molar-refractivity contribution in [2.45, 2.75) is 0 Å². The summed E-state index contributed by atoms with van der Waals surface area (Å²) < 4.78 is 4.51. The van der Waals surface area contributed by atoms with Crippen molar-refractivity contribution >= 4 is 28.9 Å². The zero-order valence-corrected chi connectivity index (χ0v) is 8.41. The lowest BCUT2D eigenvalue weighted by molar-refractivity contribution is 0.0606. The molecule has 0 spiro atoms. The molecule has 0 aromatic carbocycles. The Morgan fingerprint density at radius 3 is 3.23 bits per heavy atom. The van der Waals surface area contributed by atoms with Crippen LogP contribution in [0.15, 0.2) is 6.20 Å². The summed E-state index contributed by atoms with van der Waals surface area (Å²) in [6.07, 6.45) is 1.44. The number of halogens is 1. The number of hydrogen-bond donors (Lipinski definition) is 0. The minimum Gasteiger partial charge on any atom is -0.465 e. The molecular weight excluding hydrogens is 210 g/mol. The first-order valence-electron chi connectivity index (χ1n) is 3.37. The zero-order chi connectivity index (χ0) is 9.68. The maximum absolute atomic E-state index is 11.0. The fourth-order valence-electron chi connectivity index (χ4n) is 0.636. The lowest BCUT2D eigenvalue weighted by Crippen LogP contribution is -1.96. The Morgan fingerprint density at radius 2 is 2.62 bits per heavy atom. The van der Waals surface area contributed by atoms with Gasteiger partial charge in [-0.2, -0.15) is 0 Å². The number of nitrogens with zero attached hydrogens (tertiary/aromatic N) is 1. The number of ether oxygens (including phenoxy) is 1. The molecule has 0 atom stereocenters. The second kappa shape index (κ2) is 4.85. The number of esters is 1. The van der Waals surface area contributed by atoms with Crippen molar-refractivity contribution in [2.24, 2.45) is 0 Å². The fourth-order valence-corrected chi connectivity index (χ4v) is 1.41. The van der Waals surface area contributed by atoms with Gasteiger partial charge in [0.05, 0.1) is 19.2 Å². The van der Waals surface area contributed by atoms with Gasteiger partial charge < -0.3 is 4.74 Å². The molecule has 0 unspecified atom stereocenters. The molecule has 1 heterocycles. The minimum absolute atomic E-state index is 0.257. The summed E-state index contributed by atoms with van der Waals surface area (Å²) in [5, 5.41) is 0.570. The summed E-state index contributed by atoms with van der Waals surface area (Å²) in [6.45, 7) is 0. The molecule has 0 fully saturated rings. The van der Waals surface area contributed by atoms with Crippen molar-refractivity contribution in [3.8, 4) is 11.8 Å². The molecule has 5 heteroatoms. The largest absolute Gasteiger partial charge is 0.465 e. The normalized spacial score (nSPS) is 8.77. The van der Waals surface area contributed by atoms with Crippen molar-refractivity contribution in [3.05, 3.63) is 16.1 Å². The maximum Gasteiger partial charge on any atom is 0.349 e. The van der Waals surface area contributed by atoms with Gasteiger partial charge >= 0.3 is 5.97 Å². The molecule has 0 saturated heterocycles. The van der Waals surface area contributed by atoms with Crippen LogP contribution in [0.25, 0.3) is 0 Å². The standard InChI is InChI=1S/C8H6ClNO2S/c1-12-8(11)6-5-10-7(13-6)3-2-4-9/h5H,4H2,1H3. The number of rotatable bonds is 1. The number of aromatic nitrogens is 1. The van der Waals surface area contributed by atoms with E-state index in [4.69, 9.17) is 11.6 Å². The van der Waals surface area contributed by atoms with E-state index >= 15 is 0 Å². The van der Waals surface area contributed by atoms with Gasteiger partial charge in [-0.05, 0) is 5.92 Å². The highest BCUT2D eigenvalue weighted by molar-refractivity contribution is 7.14. The van der Waals surface area contributed by atoms with E-state index in [1.807, 2.05) is 0 Å². The van der Waals surface area contributed by atoms with Gasteiger partial charge in [0.15, 0.2) is 5.01 Å². The van der Waals surface area contributed by atoms with Crippen LogP contribution in [-0.2, 0) is 4.74 Å². The van der Waals surface area contributed by atoms with Crippen LogP contribution in [-0.4, -0.2) is 23.9 Å². The zero-order valence-electron chi connectivity index (χ0n) is 6.83. The summed E-state index contributed by atoms with van der Waals surface area (Å²) in [4.78, 5) is 15.3. The maximum atomic E-state index is 11.0. The van der Waals surface area contributed by atoms with Crippen molar-refractivity contribution in [1.82, 2.24) is 4.98 Å². The average Bonchev–Trinajstić information content (AvgIpc) is 2.62. The molecule has 0 saturated carbocycles. The van der Waals surface area contributed by atoms with Gasteiger partial charge in [0.1, 0.15) is 4.88 Å². The average molecular weight is 216 g/mol. The molecule has 1 aromatic rings. The minimum atomic E-state index is -0.392. The SMILES string of the molecule is COC(=O)c1cnc(C#CCCl)s1. The Bertz CT molecular complexity index is 364. The highest BCUT2D eigenvalue weighted by Crippen LogP contribution is 2.12. The molecule has 0 aliphatic carbocycles. The molecule has 0 aliphatic heterocycles. The lowest BCUT2D eigenvalue weighted by Gasteiger charge is -1.89. The molecule has 68 valence electrons. The van der Waals surface area contributed by atoms with Crippen LogP contribution in [0, 0.1) is 11.8 Å². The van der Waals surface area contributed by atoms with Crippen LogP contribution in [0.1, 0.15) is 14.7 Å². The van der Waals surface area contributed by atoms with E-state index < -0.39 is 5.97 Å². The highest BCUT2D eigenvalue weighted by atomic mass is 35.5.